The smallest absolute Gasteiger partial charge is 0.251 e. The van der Waals surface area contributed by atoms with E-state index in [-0.39, 0.29) is 5.91 Å². The molecule has 1 aliphatic carbocycles. The molecule has 1 saturated heterocycles. The number of anilines is 1. The Kier molecular flexibility index (Phi) is 4.99. The third-order valence-electron chi connectivity index (χ3n) is 6.11. The lowest BCUT2D eigenvalue weighted by molar-refractivity contribution is 0.0951. The SMILES string of the molecule is Cc1ccc(-c2cn[nH]c2C2CCCN(c3cc(C(=O)NC4CC4)ccn3)C2)cc1. The summed E-state index contributed by atoms with van der Waals surface area (Å²) in [5, 5.41) is 10.7. The maximum absolute atomic E-state index is 12.4. The van der Waals surface area contributed by atoms with Crippen LogP contribution >= 0.6 is 0 Å². The Labute approximate surface area is 176 Å². The molecule has 0 spiro atoms. The summed E-state index contributed by atoms with van der Waals surface area (Å²) in [6.45, 7) is 3.91. The van der Waals surface area contributed by atoms with Gasteiger partial charge in [0.25, 0.3) is 5.91 Å². The third-order valence-corrected chi connectivity index (χ3v) is 6.11. The van der Waals surface area contributed by atoms with Gasteiger partial charge in [0.2, 0.25) is 0 Å². The number of pyridine rings is 1. The quantitative estimate of drug-likeness (QED) is 0.676. The lowest BCUT2D eigenvalue weighted by Crippen LogP contribution is -2.35. The number of benzene rings is 1. The Hall–Kier alpha value is -3.15. The van der Waals surface area contributed by atoms with Gasteiger partial charge in [-0.05, 0) is 50.3 Å². The Morgan fingerprint density at radius 3 is 2.80 bits per heavy atom. The van der Waals surface area contributed by atoms with Crippen molar-refractivity contribution in [3.63, 3.8) is 0 Å². The predicted molar refractivity (Wildman–Crippen MR) is 118 cm³/mol. The summed E-state index contributed by atoms with van der Waals surface area (Å²) in [6, 6.07) is 12.7. The van der Waals surface area contributed by atoms with Gasteiger partial charge >= 0.3 is 0 Å². The van der Waals surface area contributed by atoms with Crippen molar-refractivity contribution >= 4 is 11.7 Å². The molecular formula is C24H27N5O. The molecular weight excluding hydrogens is 374 g/mol. The van der Waals surface area contributed by atoms with Crippen molar-refractivity contribution in [1.29, 1.82) is 0 Å². The van der Waals surface area contributed by atoms with Crippen molar-refractivity contribution in [3.8, 4) is 11.1 Å². The van der Waals surface area contributed by atoms with Crippen LogP contribution in [0.2, 0.25) is 0 Å². The van der Waals surface area contributed by atoms with Crippen LogP contribution in [0.3, 0.4) is 0 Å². The number of hydrogen-bond donors (Lipinski definition) is 2. The molecule has 1 atom stereocenters. The summed E-state index contributed by atoms with van der Waals surface area (Å²) >= 11 is 0. The van der Waals surface area contributed by atoms with Crippen molar-refractivity contribution < 1.29 is 4.79 Å². The standard InChI is InChI=1S/C24H27N5O/c1-16-4-6-17(7-5-16)21-14-26-28-23(21)19-3-2-12-29(15-19)22-13-18(10-11-25-22)24(30)27-20-8-9-20/h4-7,10-11,13-14,19-20H,2-3,8-9,12,15H2,1H3,(H,26,28)(H,27,30). The number of aromatic amines is 1. The van der Waals surface area contributed by atoms with Gasteiger partial charge in [-0.25, -0.2) is 4.98 Å². The normalized spacial score (nSPS) is 19.0. The molecule has 3 heterocycles. The zero-order valence-corrected chi connectivity index (χ0v) is 17.3. The summed E-state index contributed by atoms with van der Waals surface area (Å²) in [5.74, 6) is 1.23. The van der Waals surface area contributed by atoms with Crippen LogP contribution in [0.4, 0.5) is 5.82 Å². The van der Waals surface area contributed by atoms with Gasteiger partial charge in [-0.1, -0.05) is 29.8 Å². The van der Waals surface area contributed by atoms with Crippen LogP contribution in [0.1, 0.15) is 53.2 Å². The highest BCUT2D eigenvalue weighted by atomic mass is 16.1. The van der Waals surface area contributed by atoms with E-state index in [4.69, 9.17) is 0 Å². The topological polar surface area (TPSA) is 73.9 Å². The predicted octanol–water partition coefficient (Wildman–Crippen LogP) is 4.06. The molecule has 2 aliphatic rings. The molecule has 1 saturated carbocycles. The Bertz CT molecular complexity index is 1040. The summed E-state index contributed by atoms with van der Waals surface area (Å²) in [4.78, 5) is 19.3. The van der Waals surface area contributed by atoms with Crippen LogP contribution < -0.4 is 10.2 Å². The van der Waals surface area contributed by atoms with Gasteiger partial charge in [-0.2, -0.15) is 5.10 Å². The van der Waals surface area contributed by atoms with Gasteiger partial charge in [0, 0.05) is 48.1 Å². The number of rotatable bonds is 5. The zero-order valence-electron chi connectivity index (χ0n) is 17.3. The average molecular weight is 402 g/mol. The first-order valence-electron chi connectivity index (χ1n) is 10.8. The van der Waals surface area contributed by atoms with E-state index in [1.807, 2.05) is 12.3 Å². The lowest BCUT2D eigenvalue weighted by Gasteiger charge is -2.33. The molecule has 1 aliphatic heterocycles. The van der Waals surface area contributed by atoms with Crippen LogP contribution in [-0.2, 0) is 0 Å². The second-order valence-corrected chi connectivity index (χ2v) is 8.50. The average Bonchev–Trinajstić information content (AvgIpc) is 3.46. The zero-order chi connectivity index (χ0) is 20.5. The monoisotopic (exact) mass is 401 g/mol. The summed E-state index contributed by atoms with van der Waals surface area (Å²) in [6.07, 6.45) is 8.04. The van der Waals surface area contributed by atoms with E-state index in [9.17, 15) is 4.79 Å². The van der Waals surface area contributed by atoms with E-state index >= 15 is 0 Å². The summed E-state index contributed by atoms with van der Waals surface area (Å²) < 4.78 is 0. The fraction of sp³-hybridized carbons (Fsp3) is 0.375. The molecule has 1 unspecified atom stereocenters. The van der Waals surface area contributed by atoms with Crippen LogP contribution in [0, 0.1) is 6.92 Å². The number of amides is 1. The number of nitrogens with one attached hydrogen (secondary N) is 2. The second-order valence-electron chi connectivity index (χ2n) is 8.50. The number of aryl methyl sites for hydroxylation is 1. The highest BCUT2D eigenvalue weighted by Crippen LogP contribution is 2.34. The van der Waals surface area contributed by atoms with Crippen molar-refractivity contribution in [2.45, 2.75) is 44.6 Å². The number of carbonyl (C=O) groups is 1. The Morgan fingerprint density at radius 2 is 2.00 bits per heavy atom. The fourth-order valence-corrected chi connectivity index (χ4v) is 4.22. The largest absolute Gasteiger partial charge is 0.356 e. The number of H-pyrrole nitrogens is 1. The molecule has 2 N–H and O–H groups in total. The number of hydrogen-bond acceptors (Lipinski definition) is 4. The second kappa shape index (κ2) is 7.94. The van der Waals surface area contributed by atoms with E-state index in [1.165, 1.54) is 22.4 Å². The van der Waals surface area contributed by atoms with Gasteiger partial charge < -0.3 is 10.2 Å². The lowest BCUT2D eigenvalue weighted by atomic mass is 9.90. The molecule has 0 radical (unpaired) electrons. The third kappa shape index (κ3) is 3.95. The van der Waals surface area contributed by atoms with E-state index < -0.39 is 0 Å². The molecule has 3 aromatic rings. The highest BCUT2D eigenvalue weighted by molar-refractivity contribution is 5.95. The molecule has 30 heavy (non-hydrogen) atoms. The molecule has 5 rings (SSSR count). The maximum atomic E-state index is 12.4. The first-order valence-corrected chi connectivity index (χ1v) is 10.8. The molecule has 6 nitrogen and oxygen atoms in total. The molecule has 1 amide bonds. The van der Waals surface area contributed by atoms with Gasteiger partial charge in [-0.3, -0.25) is 9.89 Å². The minimum atomic E-state index is 0.00457. The molecule has 6 heteroatoms. The van der Waals surface area contributed by atoms with Crippen molar-refractivity contribution in [2.75, 3.05) is 18.0 Å². The van der Waals surface area contributed by atoms with Crippen LogP contribution in [-0.4, -0.2) is 40.2 Å². The van der Waals surface area contributed by atoms with E-state index in [0.717, 1.165) is 44.6 Å². The van der Waals surface area contributed by atoms with Gasteiger partial charge in [-0.15, -0.1) is 0 Å². The van der Waals surface area contributed by atoms with Gasteiger partial charge in [0.1, 0.15) is 5.82 Å². The molecule has 0 bridgehead atoms. The van der Waals surface area contributed by atoms with Gasteiger partial charge in [0.05, 0.1) is 6.20 Å². The summed E-state index contributed by atoms with van der Waals surface area (Å²) in [5.41, 5.74) is 5.50. The molecule has 2 aromatic heterocycles. The molecule has 1 aromatic carbocycles. The van der Waals surface area contributed by atoms with Crippen molar-refractivity contribution in [3.05, 3.63) is 65.6 Å². The number of nitrogens with zero attached hydrogens (tertiary/aromatic N) is 3. The summed E-state index contributed by atoms with van der Waals surface area (Å²) in [7, 11) is 0. The van der Waals surface area contributed by atoms with Crippen LogP contribution in [0.25, 0.3) is 11.1 Å². The van der Waals surface area contributed by atoms with Crippen molar-refractivity contribution in [2.24, 2.45) is 0 Å². The minimum Gasteiger partial charge on any atom is -0.356 e. The Balaban J connectivity index is 1.35. The van der Waals surface area contributed by atoms with E-state index in [1.54, 1.807) is 12.3 Å². The first kappa shape index (κ1) is 18.9. The molecule has 2 fully saturated rings. The maximum Gasteiger partial charge on any atom is 0.251 e. The molecule has 154 valence electrons. The van der Waals surface area contributed by atoms with Crippen LogP contribution in [0.15, 0.2) is 48.8 Å². The van der Waals surface area contributed by atoms with Crippen molar-refractivity contribution in [1.82, 2.24) is 20.5 Å². The first-order chi connectivity index (χ1) is 14.7. The fourth-order valence-electron chi connectivity index (χ4n) is 4.22. The number of carbonyl (C=O) groups excluding carboxylic acids is 1. The number of piperidine rings is 1. The number of aromatic nitrogens is 3. The van der Waals surface area contributed by atoms with Crippen LogP contribution in [0.5, 0.6) is 0 Å². The van der Waals surface area contributed by atoms with E-state index in [0.29, 0.717) is 17.5 Å². The Morgan fingerprint density at radius 1 is 1.17 bits per heavy atom. The highest BCUT2D eigenvalue weighted by Gasteiger charge is 2.27. The van der Waals surface area contributed by atoms with Gasteiger partial charge in [0.15, 0.2) is 0 Å². The van der Waals surface area contributed by atoms with E-state index in [2.05, 4.69) is 56.6 Å². The minimum absolute atomic E-state index is 0.00457.